The van der Waals surface area contributed by atoms with Crippen LogP contribution in [0.4, 0.5) is 14.5 Å². The molecule has 2 N–H and O–H groups in total. The number of hydrogen-bond donors (Lipinski definition) is 2. The highest BCUT2D eigenvalue weighted by Crippen LogP contribution is 2.32. The number of ether oxygens (including phenoxy) is 3. The van der Waals surface area contributed by atoms with Gasteiger partial charge in [0, 0.05) is 17.3 Å². The first-order valence-electron chi connectivity index (χ1n) is 8.73. The number of alkyl halides is 2. The molecule has 7 nitrogen and oxygen atoms in total. The van der Waals surface area contributed by atoms with Gasteiger partial charge in [0.05, 0.1) is 19.4 Å². The number of nitrogens with one attached hydrogen (secondary N) is 2. The molecular weight excluding hydrogens is 384 g/mol. The van der Waals surface area contributed by atoms with E-state index in [0.717, 1.165) is 5.56 Å². The number of nitrogens with zero attached hydrogens (tertiary/aromatic N) is 1. The Morgan fingerprint density at radius 3 is 2.72 bits per heavy atom. The number of methoxy groups -OCH3 is 1. The lowest BCUT2D eigenvalue weighted by Gasteiger charge is -2.13. The summed E-state index contributed by atoms with van der Waals surface area (Å²) in [4.78, 5) is 12.5. The highest BCUT2D eigenvalue weighted by atomic mass is 19.3. The van der Waals surface area contributed by atoms with E-state index in [4.69, 9.17) is 9.47 Å². The maximum Gasteiger partial charge on any atom is 0.387 e. The molecule has 0 aliphatic carbocycles. The Morgan fingerprint density at radius 1 is 1.17 bits per heavy atom. The van der Waals surface area contributed by atoms with Gasteiger partial charge in [0.15, 0.2) is 11.5 Å². The van der Waals surface area contributed by atoms with Crippen molar-refractivity contribution in [2.45, 2.75) is 13.5 Å². The van der Waals surface area contributed by atoms with Crippen LogP contribution in [-0.4, -0.2) is 36.4 Å². The van der Waals surface area contributed by atoms with Crippen LogP contribution in [0.2, 0.25) is 0 Å². The minimum absolute atomic E-state index is 0.104. The lowest BCUT2D eigenvalue weighted by atomic mass is 10.1. The van der Waals surface area contributed by atoms with E-state index in [1.165, 1.54) is 18.2 Å². The van der Waals surface area contributed by atoms with Crippen LogP contribution in [0.1, 0.15) is 17.4 Å². The number of benzene rings is 2. The molecule has 0 unspecified atom stereocenters. The predicted molar refractivity (Wildman–Crippen MR) is 103 cm³/mol. The second-order valence-corrected chi connectivity index (χ2v) is 5.83. The maximum absolute atomic E-state index is 12.5. The highest BCUT2D eigenvalue weighted by molar-refractivity contribution is 6.03. The molecule has 0 radical (unpaired) electrons. The van der Waals surface area contributed by atoms with Crippen molar-refractivity contribution >= 4 is 11.6 Å². The summed E-state index contributed by atoms with van der Waals surface area (Å²) in [6.07, 6.45) is 0. The van der Waals surface area contributed by atoms with Crippen LogP contribution >= 0.6 is 0 Å². The minimum atomic E-state index is -2.98. The Kier molecular flexibility index (Phi) is 6.28. The molecule has 0 spiro atoms. The summed E-state index contributed by atoms with van der Waals surface area (Å²) in [5.74, 6) is 0.219. The van der Waals surface area contributed by atoms with Gasteiger partial charge in [-0.15, -0.1) is 0 Å². The monoisotopic (exact) mass is 403 g/mol. The molecule has 0 atom stereocenters. The molecule has 0 aliphatic rings. The standard InChI is InChI=1S/C20H19F2N3O4/c1-3-28-18-10-13(7-8-17(18)29-20(21)22)23-19(26)16-11-15(24-25-16)12-5-4-6-14(9-12)27-2/h4-11,20H,3H2,1-2H3,(H,23,26)(H,24,25). The Balaban J connectivity index is 1.76. The molecule has 0 aliphatic heterocycles. The number of halogens is 2. The fourth-order valence-corrected chi connectivity index (χ4v) is 2.61. The quantitative estimate of drug-likeness (QED) is 0.585. The van der Waals surface area contributed by atoms with Crippen molar-refractivity contribution < 1.29 is 27.8 Å². The summed E-state index contributed by atoms with van der Waals surface area (Å²) in [6.45, 7) is -1.02. The molecule has 1 heterocycles. The molecule has 3 rings (SSSR count). The van der Waals surface area contributed by atoms with Gasteiger partial charge in [0.2, 0.25) is 0 Å². The molecule has 1 amide bonds. The van der Waals surface area contributed by atoms with Crippen LogP contribution in [0.15, 0.2) is 48.5 Å². The van der Waals surface area contributed by atoms with Gasteiger partial charge in [0.1, 0.15) is 11.4 Å². The number of amides is 1. The third-order valence-electron chi connectivity index (χ3n) is 3.91. The number of hydrogen-bond acceptors (Lipinski definition) is 5. The number of carbonyl (C=O) groups excluding carboxylic acids is 1. The zero-order valence-electron chi connectivity index (χ0n) is 15.7. The fourth-order valence-electron chi connectivity index (χ4n) is 2.61. The second-order valence-electron chi connectivity index (χ2n) is 5.83. The van der Waals surface area contributed by atoms with Gasteiger partial charge >= 0.3 is 6.61 Å². The van der Waals surface area contributed by atoms with Crippen LogP contribution in [0.3, 0.4) is 0 Å². The van der Waals surface area contributed by atoms with Gasteiger partial charge in [-0.2, -0.15) is 13.9 Å². The molecule has 1 aromatic heterocycles. The largest absolute Gasteiger partial charge is 0.497 e. The average Bonchev–Trinajstić information content (AvgIpc) is 3.20. The molecule has 0 fully saturated rings. The van der Waals surface area contributed by atoms with Gasteiger partial charge < -0.3 is 19.5 Å². The lowest BCUT2D eigenvalue weighted by Crippen LogP contribution is -2.13. The molecule has 3 aromatic rings. The van der Waals surface area contributed by atoms with Crippen molar-refractivity contribution in [3.05, 3.63) is 54.2 Å². The molecule has 29 heavy (non-hydrogen) atoms. The average molecular weight is 403 g/mol. The van der Waals surface area contributed by atoms with E-state index in [9.17, 15) is 13.6 Å². The fraction of sp³-hybridized carbons (Fsp3) is 0.200. The van der Waals surface area contributed by atoms with Crippen LogP contribution in [0, 0.1) is 0 Å². The second kappa shape index (κ2) is 9.05. The number of rotatable bonds is 8. The Hall–Kier alpha value is -3.62. The number of carbonyl (C=O) groups is 1. The van der Waals surface area contributed by atoms with Gasteiger partial charge in [-0.3, -0.25) is 9.89 Å². The number of aromatic amines is 1. The Morgan fingerprint density at radius 2 is 2.00 bits per heavy atom. The van der Waals surface area contributed by atoms with Crippen molar-refractivity contribution in [3.8, 4) is 28.5 Å². The van der Waals surface area contributed by atoms with E-state index in [0.29, 0.717) is 17.1 Å². The highest BCUT2D eigenvalue weighted by Gasteiger charge is 2.15. The molecule has 0 bridgehead atoms. The summed E-state index contributed by atoms with van der Waals surface area (Å²) in [5, 5.41) is 9.50. The zero-order valence-corrected chi connectivity index (χ0v) is 15.7. The summed E-state index contributed by atoms with van der Waals surface area (Å²) < 4.78 is 39.9. The summed E-state index contributed by atoms with van der Waals surface area (Å²) in [7, 11) is 1.57. The van der Waals surface area contributed by atoms with Crippen molar-refractivity contribution in [1.82, 2.24) is 10.2 Å². The van der Waals surface area contributed by atoms with E-state index in [2.05, 4.69) is 20.3 Å². The minimum Gasteiger partial charge on any atom is -0.497 e. The summed E-state index contributed by atoms with van der Waals surface area (Å²) in [6, 6.07) is 13.0. The first-order valence-corrected chi connectivity index (χ1v) is 8.73. The van der Waals surface area contributed by atoms with Crippen molar-refractivity contribution in [3.63, 3.8) is 0 Å². The molecule has 9 heteroatoms. The van der Waals surface area contributed by atoms with Crippen molar-refractivity contribution in [2.75, 3.05) is 19.0 Å². The van der Waals surface area contributed by atoms with Crippen LogP contribution in [-0.2, 0) is 0 Å². The first kappa shape index (κ1) is 20.1. The predicted octanol–water partition coefficient (Wildman–Crippen LogP) is 4.34. The first-order chi connectivity index (χ1) is 14.0. The van der Waals surface area contributed by atoms with Crippen LogP contribution < -0.4 is 19.5 Å². The third kappa shape index (κ3) is 5.01. The van der Waals surface area contributed by atoms with Gasteiger partial charge in [-0.1, -0.05) is 12.1 Å². The SMILES string of the molecule is CCOc1cc(NC(=O)c2cc(-c3cccc(OC)c3)n[nH]2)ccc1OC(F)F. The van der Waals surface area contributed by atoms with E-state index in [-0.39, 0.29) is 23.8 Å². The number of anilines is 1. The topological polar surface area (TPSA) is 85.5 Å². The van der Waals surface area contributed by atoms with E-state index in [1.807, 2.05) is 12.1 Å². The normalized spacial score (nSPS) is 10.7. The molecule has 0 saturated carbocycles. The van der Waals surface area contributed by atoms with Crippen molar-refractivity contribution in [1.29, 1.82) is 0 Å². The third-order valence-corrected chi connectivity index (χ3v) is 3.91. The lowest BCUT2D eigenvalue weighted by molar-refractivity contribution is -0.0514. The molecule has 152 valence electrons. The van der Waals surface area contributed by atoms with E-state index < -0.39 is 12.5 Å². The van der Waals surface area contributed by atoms with E-state index in [1.54, 1.807) is 32.2 Å². The van der Waals surface area contributed by atoms with Gasteiger partial charge in [-0.25, -0.2) is 0 Å². The maximum atomic E-state index is 12.5. The summed E-state index contributed by atoms with van der Waals surface area (Å²) >= 11 is 0. The molecule has 0 saturated heterocycles. The summed E-state index contributed by atoms with van der Waals surface area (Å²) in [5.41, 5.74) is 1.95. The van der Waals surface area contributed by atoms with Gasteiger partial charge in [-0.05, 0) is 37.3 Å². The molecular formula is C20H19F2N3O4. The Labute approximate surface area is 165 Å². The van der Waals surface area contributed by atoms with Crippen molar-refractivity contribution in [2.24, 2.45) is 0 Å². The zero-order chi connectivity index (χ0) is 20.8. The number of aromatic nitrogens is 2. The van der Waals surface area contributed by atoms with Crippen LogP contribution in [0.5, 0.6) is 17.2 Å². The van der Waals surface area contributed by atoms with Gasteiger partial charge in [0.25, 0.3) is 5.91 Å². The Bertz CT molecular complexity index is 991. The molecule has 2 aromatic carbocycles. The number of H-pyrrole nitrogens is 1. The smallest absolute Gasteiger partial charge is 0.387 e. The van der Waals surface area contributed by atoms with Crippen LogP contribution in [0.25, 0.3) is 11.3 Å². The van der Waals surface area contributed by atoms with E-state index >= 15 is 0 Å².